The fourth-order valence-corrected chi connectivity index (χ4v) is 4.01. The molecule has 0 aromatic heterocycles. The van der Waals surface area contributed by atoms with Crippen LogP contribution in [0.1, 0.15) is 46.3 Å². The Kier molecular flexibility index (Phi) is 4.53. The van der Waals surface area contributed by atoms with E-state index < -0.39 is 8.80 Å². The smallest absolute Gasteiger partial charge is 0.113 e. The zero-order chi connectivity index (χ0) is 9.52. The van der Waals surface area contributed by atoms with Crippen LogP contribution in [0.5, 0.6) is 0 Å². The van der Waals surface area contributed by atoms with Crippen LogP contribution >= 0.6 is 0 Å². The minimum Gasteiger partial charge on any atom is -0.309 e. The maximum absolute atomic E-state index is 11.0. The van der Waals surface area contributed by atoms with Crippen LogP contribution in [0.15, 0.2) is 0 Å². The third-order valence-corrected chi connectivity index (χ3v) is 5.32. The van der Waals surface area contributed by atoms with E-state index in [0.29, 0.717) is 0 Å². The lowest BCUT2D eigenvalue weighted by atomic mass is 10.1. The molecular weight excluding hydrogens is 164 g/mol. The molecule has 2 heteroatoms. The van der Waals surface area contributed by atoms with Crippen LogP contribution in [0.3, 0.4) is 0 Å². The first-order valence-corrected chi connectivity index (χ1v) is 7.52. The highest BCUT2D eigenvalue weighted by Gasteiger charge is 2.09. The Labute approximate surface area is 78.6 Å². The molecule has 0 radical (unpaired) electrons. The van der Waals surface area contributed by atoms with Crippen molar-refractivity contribution in [2.75, 3.05) is 0 Å². The van der Waals surface area contributed by atoms with E-state index in [1.165, 1.54) is 44.9 Å². The summed E-state index contributed by atoms with van der Waals surface area (Å²) >= 11 is 0. The van der Waals surface area contributed by atoms with Crippen molar-refractivity contribution >= 4 is 14.7 Å². The second kappa shape index (κ2) is 6.41. The minimum absolute atomic E-state index is 0.194. The van der Waals surface area contributed by atoms with Crippen LogP contribution in [0, 0.1) is 0 Å². The number of carbonyl (C=O) groups is 1. The van der Waals surface area contributed by atoms with E-state index in [0.717, 1.165) is 12.1 Å². The zero-order valence-electron chi connectivity index (χ0n) is 8.85. The normalized spacial score (nSPS) is 24.5. The maximum atomic E-state index is 11.0. The van der Waals surface area contributed by atoms with Gasteiger partial charge in [-0.25, -0.2) is 0 Å². The van der Waals surface area contributed by atoms with Crippen LogP contribution in [-0.4, -0.2) is 14.7 Å². The van der Waals surface area contributed by atoms with Gasteiger partial charge in [0.2, 0.25) is 0 Å². The van der Waals surface area contributed by atoms with Crippen molar-refractivity contribution in [3.05, 3.63) is 0 Å². The van der Waals surface area contributed by atoms with Crippen LogP contribution < -0.4 is 0 Å². The highest BCUT2D eigenvalue weighted by atomic mass is 28.3. The molecule has 1 aliphatic heterocycles. The first kappa shape index (κ1) is 8.48. The van der Waals surface area contributed by atoms with Gasteiger partial charge in [0.05, 0.1) is 7.26 Å². The number of hydrogen-bond donors (Lipinski definition) is 0. The van der Waals surface area contributed by atoms with E-state index in [2.05, 4.69) is 0 Å². The molecule has 0 aromatic carbocycles. The van der Waals surface area contributed by atoms with E-state index in [1.54, 1.807) is 0 Å². The molecular formula is C10H20OSi. The Morgan fingerprint density at radius 1 is 0.917 bits per heavy atom. The van der Waals surface area contributed by atoms with E-state index in [9.17, 15) is 4.79 Å². The summed E-state index contributed by atoms with van der Waals surface area (Å²) in [6, 6.07) is 2.20. The average molecular weight is 185 g/mol. The summed E-state index contributed by atoms with van der Waals surface area (Å²) in [5.41, 5.74) is 0. The zero-order valence-corrected chi connectivity index (χ0v) is 9.00. The molecule has 1 heterocycles. The Balaban J connectivity index is 2.30. The molecule has 1 saturated heterocycles. The van der Waals surface area contributed by atoms with E-state index in [1.807, 2.05) is 0 Å². The molecule has 0 bridgehead atoms. The molecule has 1 rings (SSSR count). The second-order valence-electron chi connectivity index (χ2n) is 3.87. The Morgan fingerprint density at radius 2 is 1.33 bits per heavy atom. The molecule has 70 valence electrons. The van der Waals surface area contributed by atoms with Gasteiger partial charge in [0.15, 0.2) is 0 Å². The second-order valence-corrected chi connectivity index (χ2v) is 6.65. The summed E-state index contributed by atoms with van der Waals surface area (Å²) in [5.74, 6) is -0.194. The first-order valence-electron chi connectivity index (χ1n) is 5.81. The van der Waals surface area contributed by atoms with Gasteiger partial charge >= 0.3 is 0 Å². The highest BCUT2D eigenvalue weighted by Crippen LogP contribution is 2.16. The van der Waals surface area contributed by atoms with Crippen molar-refractivity contribution in [2.45, 2.75) is 57.0 Å². The van der Waals surface area contributed by atoms with Gasteiger partial charge in [-0.2, -0.15) is 0 Å². The Morgan fingerprint density at radius 3 is 1.75 bits per heavy atom. The van der Waals surface area contributed by atoms with Crippen molar-refractivity contribution in [1.82, 2.24) is 0 Å². The summed E-state index contributed by atoms with van der Waals surface area (Å²) in [6.45, 7) is 0. The number of hydrogen-bond acceptors (Lipinski definition) is 1. The third kappa shape index (κ3) is 4.05. The van der Waals surface area contributed by atoms with E-state index in [4.69, 9.17) is 1.37 Å². The quantitative estimate of drug-likeness (QED) is 0.453. The van der Waals surface area contributed by atoms with Gasteiger partial charge in [-0.15, -0.1) is 0 Å². The fourth-order valence-electron chi connectivity index (χ4n) is 1.93. The van der Waals surface area contributed by atoms with Gasteiger partial charge in [-0.1, -0.05) is 57.0 Å². The van der Waals surface area contributed by atoms with Gasteiger partial charge in [0.1, 0.15) is 8.80 Å². The highest BCUT2D eigenvalue weighted by molar-refractivity contribution is 6.84. The SMILES string of the molecule is [2H]C(=O)[SiH]1CCCCCCCCC1. The van der Waals surface area contributed by atoms with Crippen molar-refractivity contribution < 1.29 is 6.17 Å². The molecule has 0 atom stereocenters. The predicted octanol–water partition coefficient (Wildman–Crippen LogP) is 2.73. The third-order valence-electron chi connectivity index (χ3n) is 2.77. The molecule has 1 nitrogen and oxygen atoms in total. The van der Waals surface area contributed by atoms with Crippen LogP contribution in [0.25, 0.3) is 0 Å². The van der Waals surface area contributed by atoms with Crippen molar-refractivity contribution in [3.8, 4) is 0 Å². The van der Waals surface area contributed by atoms with Gasteiger partial charge in [0, 0.05) is 0 Å². The Bertz CT molecular complexity index is 151. The van der Waals surface area contributed by atoms with Crippen LogP contribution in [0.4, 0.5) is 0 Å². The molecule has 12 heavy (non-hydrogen) atoms. The standard InChI is InChI=1S/C10H20OSi/c11-10-12-8-6-4-2-1-3-5-7-9-12/h10,12H,1-9H2/i10D. The fraction of sp³-hybridized carbons (Fsp3) is 0.900. The van der Waals surface area contributed by atoms with Crippen molar-refractivity contribution in [3.63, 3.8) is 0 Å². The molecule has 0 saturated carbocycles. The van der Waals surface area contributed by atoms with Crippen molar-refractivity contribution in [2.24, 2.45) is 0 Å². The van der Waals surface area contributed by atoms with Gasteiger partial charge in [-0.05, 0) is 0 Å². The molecule has 0 unspecified atom stereocenters. The lowest BCUT2D eigenvalue weighted by molar-refractivity contribution is 0.564. The molecule has 0 amide bonds. The Hall–Kier alpha value is -0.113. The van der Waals surface area contributed by atoms with Crippen LogP contribution in [0.2, 0.25) is 12.1 Å². The summed E-state index contributed by atoms with van der Waals surface area (Å²) in [6.07, 6.45) is 9.05. The molecule has 1 aliphatic rings. The largest absolute Gasteiger partial charge is 0.309 e. The molecule has 0 N–H and O–H groups in total. The van der Waals surface area contributed by atoms with Gasteiger partial charge in [-0.3, -0.25) is 0 Å². The lowest BCUT2D eigenvalue weighted by Gasteiger charge is -2.10. The summed E-state index contributed by atoms with van der Waals surface area (Å²) in [7, 11) is -1.29. The average Bonchev–Trinajstić information content (AvgIpc) is 2.14. The predicted molar refractivity (Wildman–Crippen MR) is 55.8 cm³/mol. The molecule has 0 aliphatic carbocycles. The van der Waals surface area contributed by atoms with E-state index >= 15 is 0 Å². The number of rotatable bonds is 1. The first-order chi connectivity index (χ1) is 6.30. The molecule has 0 aromatic rings. The molecule has 0 spiro atoms. The lowest BCUT2D eigenvalue weighted by Crippen LogP contribution is -2.14. The van der Waals surface area contributed by atoms with Gasteiger partial charge in [0.25, 0.3) is 0 Å². The van der Waals surface area contributed by atoms with Crippen molar-refractivity contribution in [1.29, 1.82) is 0 Å². The summed E-state index contributed by atoms with van der Waals surface area (Å²) in [4.78, 5) is 11.0. The molecule has 1 fully saturated rings. The monoisotopic (exact) mass is 185 g/mol. The van der Waals surface area contributed by atoms with Gasteiger partial charge < -0.3 is 4.79 Å². The maximum Gasteiger partial charge on any atom is 0.113 e. The summed E-state index contributed by atoms with van der Waals surface area (Å²) < 4.78 is 7.19. The van der Waals surface area contributed by atoms with E-state index in [-0.39, 0.29) is 5.89 Å². The number of carbonyl (C=O) groups excluding carboxylic acids is 1. The minimum atomic E-state index is -1.29. The summed E-state index contributed by atoms with van der Waals surface area (Å²) in [5, 5.41) is 0. The van der Waals surface area contributed by atoms with Crippen LogP contribution in [-0.2, 0) is 4.79 Å². The topological polar surface area (TPSA) is 17.1 Å².